The van der Waals surface area contributed by atoms with Gasteiger partial charge >= 0.3 is 35.5 Å². The standard InChI is InChI=1S/C14H27NO4.Na/c1-4-5-6-7-8-9-10-15(11(2)13(16)17)12(3)14(18)19;/h11-12H,4-10H2,1-3H3,(H,16,17)(H,18,19);/q;+1/p-1. The zero-order valence-electron chi connectivity index (χ0n) is 13.2. The topological polar surface area (TPSA) is 80.7 Å². The molecule has 0 rings (SSSR count). The molecule has 2 unspecified atom stereocenters. The number of carbonyl (C=O) groups is 2. The second kappa shape index (κ2) is 12.6. The van der Waals surface area contributed by atoms with Crippen molar-refractivity contribution in [2.24, 2.45) is 0 Å². The van der Waals surface area contributed by atoms with E-state index < -0.39 is 24.0 Å². The van der Waals surface area contributed by atoms with Crippen LogP contribution in [0, 0.1) is 0 Å². The van der Waals surface area contributed by atoms with Crippen LogP contribution < -0.4 is 34.7 Å². The number of unbranched alkanes of at least 4 members (excludes halogenated alkanes) is 5. The summed E-state index contributed by atoms with van der Waals surface area (Å²) in [7, 11) is 0. The summed E-state index contributed by atoms with van der Waals surface area (Å²) in [5.74, 6) is -2.22. The summed E-state index contributed by atoms with van der Waals surface area (Å²) in [6.45, 7) is 5.62. The van der Waals surface area contributed by atoms with E-state index >= 15 is 0 Å². The average Bonchev–Trinajstić information content (AvgIpc) is 2.36. The Balaban J connectivity index is 0. The predicted molar refractivity (Wildman–Crippen MR) is 71.6 cm³/mol. The van der Waals surface area contributed by atoms with Gasteiger partial charge < -0.3 is 15.0 Å². The predicted octanol–water partition coefficient (Wildman–Crippen LogP) is -1.74. The Morgan fingerprint density at radius 2 is 1.55 bits per heavy atom. The van der Waals surface area contributed by atoms with Gasteiger partial charge in [0, 0.05) is 6.04 Å². The molecule has 0 bridgehead atoms. The van der Waals surface area contributed by atoms with Gasteiger partial charge in [0.05, 0.1) is 5.97 Å². The van der Waals surface area contributed by atoms with E-state index in [2.05, 4.69) is 6.92 Å². The average molecular weight is 295 g/mol. The molecular weight excluding hydrogens is 269 g/mol. The minimum absolute atomic E-state index is 0. The number of carbonyl (C=O) groups excluding carboxylic acids is 1. The van der Waals surface area contributed by atoms with Crippen LogP contribution in [0.4, 0.5) is 0 Å². The van der Waals surface area contributed by atoms with Crippen molar-refractivity contribution < 1.29 is 49.4 Å². The van der Waals surface area contributed by atoms with E-state index in [1.54, 1.807) is 0 Å². The third-order valence-electron chi connectivity index (χ3n) is 3.46. The Morgan fingerprint density at radius 1 is 1.05 bits per heavy atom. The molecule has 0 saturated carbocycles. The van der Waals surface area contributed by atoms with Gasteiger partial charge in [0.15, 0.2) is 0 Å². The quantitative estimate of drug-likeness (QED) is 0.362. The van der Waals surface area contributed by atoms with E-state index in [1.165, 1.54) is 38.0 Å². The van der Waals surface area contributed by atoms with Crippen LogP contribution in [0.15, 0.2) is 0 Å². The van der Waals surface area contributed by atoms with E-state index in [0.29, 0.717) is 6.54 Å². The van der Waals surface area contributed by atoms with Gasteiger partial charge in [0.1, 0.15) is 6.04 Å². The largest absolute Gasteiger partial charge is 1.00 e. The number of nitrogens with zero attached hydrogens (tertiary/aromatic N) is 1. The zero-order valence-corrected chi connectivity index (χ0v) is 15.2. The van der Waals surface area contributed by atoms with Gasteiger partial charge in [-0.25, -0.2) is 0 Å². The van der Waals surface area contributed by atoms with E-state index in [-0.39, 0.29) is 29.6 Å². The zero-order chi connectivity index (χ0) is 14.8. The number of hydrogen-bond acceptors (Lipinski definition) is 4. The first-order chi connectivity index (χ1) is 8.91. The number of carboxylic acid groups (broad SMARTS) is 2. The number of rotatable bonds is 11. The van der Waals surface area contributed by atoms with Crippen molar-refractivity contribution >= 4 is 11.9 Å². The molecule has 112 valence electrons. The molecule has 0 aromatic rings. The monoisotopic (exact) mass is 295 g/mol. The molecule has 0 aromatic heterocycles. The van der Waals surface area contributed by atoms with E-state index in [4.69, 9.17) is 5.11 Å². The first-order valence-corrected chi connectivity index (χ1v) is 7.11. The van der Waals surface area contributed by atoms with E-state index in [0.717, 1.165) is 19.3 Å². The SMILES string of the molecule is CCCCCCCCN(C(C)C(=O)[O-])C(C)C(=O)O.[Na+]. The fourth-order valence-corrected chi connectivity index (χ4v) is 2.07. The number of carboxylic acids is 2. The molecule has 5 nitrogen and oxygen atoms in total. The molecule has 0 aliphatic carbocycles. The molecule has 0 spiro atoms. The van der Waals surface area contributed by atoms with Gasteiger partial charge in [-0.2, -0.15) is 0 Å². The summed E-state index contributed by atoms with van der Waals surface area (Å²) in [5.41, 5.74) is 0. The molecule has 0 heterocycles. The first kappa shape index (κ1) is 22.2. The molecule has 2 atom stereocenters. The summed E-state index contributed by atoms with van der Waals surface area (Å²) >= 11 is 0. The van der Waals surface area contributed by atoms with Gasteiger partial charge in [0.2, 0.25) is 0 Å². The summed E-state index contributed by atoms with van der Waals surface area (Å²) in [5, 5.41) is 19.9. The molecule has 20 heavy (non-hydrogen) atoms. The summed E-state index contributed by atoms with van der Waals surface area (Å²) < 4.78 is 0. The molecule has 0 radical (unpaired) electrons. The molecule has 1 N–H and O–H groups in total. The van der Waals surface area contributed by atoms with Crippen LogP contribution in [0.25, 0.3) is 0 Å². The van der Waals surface area contributed by atoms with Gasteiger partial charge in [-0.1, -0.05) is 39.0 Å². The van der Waals surface area contributed by atoms with Crippen LogP contribution in [0.5, 0.6) is 0 Å². The minimum atomic E-state index is -1.22. The minimum Gasteiger partial charge on any atom is -0.548 e. The fourth-order valence-electron chi connectivity index (χ4n) is 2.07. The Morgan fingerprint density at radius 3 is 2.00 bits per heavy atom. The Kier molecular flexibility index (Phi) is 14.0. The normalized spacial score (nSPS) is 13.6. The maximum absolute atomic E-state index is 11.0. The summed E-state index contributed by atoms with van der Waals surface area (Å²) in [6, 6.07) is -1.68. The van der Waals surface area contributed by atoms with Crippen LogP contribution in [-0.2, 0) is 9.59 Å². The summed E-state index contributed by atoms with van der Waals surface area (Å²) in [6.07, 6.45) is 6.51. The molecule has 6 heteroatoms. The Labute approximate surface area is 144 Å². The van der Waals surface area contributed by atoms with Crippen LogP contribution in [-0.4, -0.2) is 40.6 Å². The van der Waals surface area contributed by atoms with Crippen LogP contribution >= 0.6 is 0 Å². The maximum atomic E-state index is 11.0. The van der Waals surface area contributed by atoms with Crippen molar-refractivity contribution in [2.75, 3.05) is 6.54 Å². The maximum Gasteiger partial charge on any atom is 1.00 e. The third-order valence-corrected chi connectivity index (χ3v) is 3.46. The van der Waals surface area contributed by atoms with Crippen LogP contribution in [0.2, 0.25) is 0 Å². The van der Waals surface area contributed by atoms with Crippen molar-refractivity contribution in [2.45, 2.75) is 71.4 Å². The van der Waals surface area contributed by atoms with Crippen molar-refractivity contribution in [1.29, 1.82) is 0 Å². The van der Waals surface area contributed by atoms with Crippen molar-refractivity contribution in [3.63, 3.8) is 0 Å². The van der Waals surface area contributed by atoms with Crippen LogP contribution in [0.1, 0.15) is 59.3 Å². The molecule has 0 aliphatic heterocycles. The fraction of sp³-hybridized carbons (Fsp3) is 0.857. The summed E-state index contributed by atoms with van der Waals surface area (Å²) in [4.78, 5) is 23.4. The number of aliphatic carboxylic acids is 2. The van der Waals surface area contributed by atoms with E-state index in [1.807, 2.05) is 0 Å². The molecular formula is C14H26NNaO4. The van der Waals surface area contributed by atoms with Crippen molar-refractivity contribution in [3.05, 3.63) is 0 Å². The van der Waals surface area contributed by atoms with E-state index in [9.17, 15) is 14.7 Å². The molecule has 0 saturated heterocycles. The first-order valence-electron chi connectivity index (χ1n) is 7.11. The molecule has 0 aromatic carbocycles. The third kappa shape index (κ3) is 8.95. The van der Waals surface area contributed by atoms with Crippen molar-refractivity contribution in [3.8, 4) is 0 Å². The Bertz CT molecular complexity index is 266. The number of hydrogen-bond donors (Lipinski definition) is 1. The molecule has 0 amide bonds. The Hall–Kier alpha value is -0.100. The van der Waals surface area contributed by atoms with Gasteiger partial charge in [-0.3, -0.25) is 9.69 Å². The second-order valence-corrected chi connectivity index (χ2v) is 5.01. The second-order valence-electron chi connectivity index (χ2n) is 5.01. The van der Waals surface area contributed by atoms with Gasteiger partial charge in [-0.15, -0.1) is 0 Å². The molecule has 0 aliphatic rings. The molecule has 0 fully saturated rings. The van der Waals surface area contributed by atoms with Gasteiger partial charge in [-0.05, 0) is 26.8 Å². The van der Waals surface area contributed by atoms with Crippen LogP contribution in [0.3, 0.4) is 0 Å². The smallest absolute Gasteiger partial charge is 0.548 e. The van der Waals surface area contributed by atoms with Crippen molar-refractivity contribution in [1.82, 2.24) is 4.90 Å². The van der Waals surface area contributed by atoms with Gasteiger partial charge in [0.25, 0.3) is 0 Å².